The van der Waals surface area contributed by atoms with Crippen molar-refractivity contribution in [3.8, 4) is 0 Å². The molecule has 102 valence electrons. The van der Waals surface area contributed by atoms with Crippen LogP contribution >= 0.6 is 23.7 Å². The van der Waals surface area contributed by atoms with Crippen LogP contribution in [0.2, 0.25) is 0 Å². The molecule has 18 heavy (non-hydrogen) atoms. The van der Waals surface area contributed by atoms with Crippen molar-refractivity contribution in [1.82, 2.24) is 4.90 Å². The number of hydrogen-bond donors (Lipinski definition) is 1. The molecule has 2 unspecified atom stereocenters. The van der Waals surface area contributed by atoms with Crippen LogP contribution in [0.4, 0.5) is 0 Å². The highest BCUT2D eigenvalue weighted by Gasteiger charge is 2.31. The van der Waals surface area contributed by atoms with E-state index in [1.807, 2.05) is 22.6 Å². The summed E-state index contributed by atoms with van der Waals surface area (Å²) in [4.78, 5) is 14.4. The molecule has 1 fully saturated rings. The van der Waals surface area contributed by atoms with Crippen LogP contribution in [-0.2, 0) is 0 Å². The predicted molar refractivity (Wildman–Crippen MR) is 78.6 cm³/mol. The number of piperidine rings is 1. The van der Waals surface area contributed by atoms with E-state index in [4.69, 9.17) is 5.73 Å². The molecule has 1 aromatic rings. The Hall–Kier alpha value is -0.580. The Kier molecular flexibility index (Phi) is 5.63. The first-order chi connectivity index (χ1) is 8.15. The van der Waals surface area contributed by atoms with Crippen molar-refractivity contribution in [2.75, 3.05) is 13.1 Å². The van der Waals surface area contributed by atoms with E-state index >= 15 is 0 Å². The van der Waals surface area contributed by atoms with Gasteiger partial charge >= 0.3 is 0 Å². The fourth-order valence-corrected chi connectivity index (χ4v) is 3.42. The molecular formula is C13H21ClN2OS. The highest BCUT2D eigenvalue weighted by atomic mass is 35.5. The fourth-order valence-electron chi connectivity index (χ4n) is 2.60. The third kappa shape index (κ3) is 2.87. The zero-order chi connectivity index (χ0) is 12.4. The van der Waals surface area contributed by atoms with Crippen LogP contribution in [0.25, 0.3) is 0 Å². The van der Waals surface area contributed by atoms with Crippen LogP contribution in [-0.4, -0.2) is 29.9 Å². The van der Waals surface area contributed by atoms with Crippen molar-refractivity contribution < 1.29 is 4.79 Å². The summed E-state index contributed by atoms with van der Waals surface area (Å²) in [6, 6.07) is 0.204. The molecule has 1 aliphatic rings. The number of nitrogens with zero attached hydrogens (tertiary/aromatic N) is 1. The van der Waals surface area contributed by atoms with E-state index < -0.39 is 0 Å². The van der Waals surface area contributed by atoms with Gasteiger partial charge in [-0.3, -0.25) is 4.79 Å². The lowest BCUT2D eigenvalue weighted by molar-refractivity contribution is 0.0532. The molecule has 0 aliphatic carbocycles. The topological polar surface area (TPSA) is 46.3 Å². The molecule has 2 heterocycles. The number of carbonyl (C=O) groups excluding carboxylic acids is 1. The van der Waals surface area contributed by atoms with Crippen molar-refractivity contribution in [1.29, 1.82) is 0 Å². The Bertz CT molecular complexity index is 407. The Morgan fingerprint density at radius 3 is 2.83 bits per heavy atom. The molecule has 0 bridgehead atoms. The van der Waals surface area contributed by atoms with Gasteiger partial charge in [0.25, 0.3) is 5.91 Å². The molecule has 1 aliphatic heterocycles. The number of halogens is 1. The van der Waals surface area contributed by atoms with Gasteiger partial charge < -0.3 is 10.6 Å². The molecule has 3 nitrogen and oxygen atoms in total. The molecular weight excluding hydrogens is 268 g/mol. The Morgan fingerprint density at radius 2 is 2.28 bits per heavy atom. The number of amides is 1. The molecule has 2 N–H and O–H groups in total. The zero-order valence-corrected chi connectivity index (χ0v) is 12.5. The SMILES string of the molecule is Cc1cscc1C(=O)N1CCCC(C)C1CN.Cl. The average Bonchev–Trinajstić information content (AvgIpc) is 2.74. The number of likely N-dealkylation sites (tertiary alicyclic amines) is 1. The van der Waals surface area contributed by atoms with Gasteiger partial charge in [-0.15, -0.1) is 12.4 Å². The predicted octanol–water partition coefficient (Wildman–Crippen LogP) is 2.68. The highest BCUT2D eigenvalue weighted by molar-refractivity contribution is 7.08. The quantitative estimate of drug-likeness (QED) is 0.909. The second-order valence-corrected chi connectivity index (χ2v) is 5.63. The molecule has 1 aromatic heterocycles. The molecule has 0 aromatic carbocycles. The van der Waals surface area contributed by atoms with Crippen molar-refractivity contribution >= 4 is 29.7 Å². The highest BCUT2D eigenvalue weighted by Crippen LogP contribution is 2.26. The van der Waals surface area contributed by atoms with Crippen LogP contribution in [0.3, 0.4) is 0 Å². The maximum Gasteiger partial charge on any atom is 0.255 e. The third-order valence-corrected chi connectivity index (χ3v) is 4.57. The maximum atomic E-state index is 12.5. The standard InChI is InChI=1S/C13H20N2OS.ClH/c1-9-4-3-5-15(12(9)6-14)13(16)11-8-17-7-10(11)2;/h7-9,12H,3-6,14H2,1-2H3;1H. The van der Waals surface area contributed by atoms with Gasteiger partial charge in [-0.1, -0.05) is 6.92 Å². The van der Waals surface area contributed by atoms with E-state index in [0.29, 0.717) is 12.5 Å². The first kappa shape index (κ1) is 15.5. The number of aryl methyl sites for hydroxylation is 1. The summed E-state index contributed by atoms with van der Waals surface area (Å²) >= 11 is 1.59. The molecule has 2 atom stereocenters. The summed E-state index contributed by atoms with van der Waals surface area (Å²) in [6.07, 6.45) is 2.26. The summed E-state index contributed by atoms with van der Waals surface area (Å²) in [6.45, 7) is 5.60. The summed E-state index contributed by atoms with van der Waals surface area (Å²) in [5.41, 5.74) is 7.75. The Balaban J connectivity index is 0.00000162. The average molecular weight is 289 g/mol. The lowest BCUT2D eigenvalue weighted by Crippen LogP contribution is -2.51. The van der Waals surface area contributed by atoms with Gasteiger partial charge in [0.15, 0.2) is 0 Å². The van der Waals surface area contributed by atoms with Gasteiger partial charge in [0.1, 0.15) is 0 Å². The van der Waals surface area contributed by atoms with Gasteiger partial charge in [0.05, 0.1) is 5.56 Å². The van der Waals surface area contributed by atoms with E-state index in [1.54, 1.807) is 11.3 Å². The molecule has 2 rings (SSSR count). The molecule has 0 saturated carbocycles. The molecule has 1 saturated heterocycles. The summed E-state index contributed by atoms with van der Waals surface area (Å²) < 4.78 is 0. The largest absolute Gasteiger partial charge is 0.334 e. The first-order valence-corrected chi connectivity index (χ1v) is 7.13. The second-order valence-electron chi connectivity index (χ2n) is 4.89. The third-order valence-electron chi connectivity index (χ3n) is 3.70. The van der Waals surface area contributed by atoms with E-state index in [0.717, 1.165) is 24.1 Å². The summed E-state index contributed by atoms with van der Waals surface area (Å²) in [5, 5.41) is 3.97. The monoisotopic (exact) mass is 288 g/mol. The van der Waals surface area contributed by atoms with Crippen molar-refractivity contribution in [2.45, 2.75) is 32.7 Å². The smallest absolute Gasteiger partial charge is 0.255 e. The van der Waals surface area contributed by atoms with E-state index in [-0.39, 0.29) is 24.4 Å². The van der Waals surface area contributed by atoms with Gasteiger partial charge in [0, 0.05) is 24.5 Å². The van der Waals surface area contributed by atoms with Crippen LogP contribution in [0.1, 0.15) is 35.7 Å². The number of carbonyl (C=O) groups is 1. The van der Waals surface area contributed by atoms with Crippen LogP contribution in [0, 0.1) is 12.8 Å². The maximum absolute atomic E-state index is 12.5. The first-order valence-electron chi connectivity index (χ1n) is 6.19. The minimum atomic E-state index is 0. The van der Waals surface area contributed by atoms with E-state index in [2.05, 4.69) is 6.92 Å². The minimum Gasteiger partial charge on any atom is -0.334 e. The van der Waals surface area contributed by atoms with Crippen molar-refractivity contribution in [3.63, 3.8) is 0 Å². The second kappa shape index (κ2) is 6.55. The van der Waals surface area contributed by atoms with Gasteiger partial charge in [-0.05, 0) is 36.6 Å². The number of thiophene rings is 1. The van der Waals surface area contributed by atoms with Gasteiger partial charge in [-0.25, -0.2) is 0 Å². The van der Waals surface area contributed by atoms with Crippen molar-refractivity contribution in [2.24, 2.45) is 11.7 Å². The number of rotatable bonds is 2. The van der Waals surface area contributed by atoms with Crippen LogP contribution in [0.15, 0.2) is 10.8 Å². The molecule has 0 spiro atoms. The normalized spacial score (nSPS) is 23.6. The summed E-state index contributed by atoms with van der Waals surface area (Å²) in [7, 11) is 0. The van der Waals surface area contributed by atoms with Crippen molar-refractivity contribution in [3.05, 3.63) is 21.9 Å². The lowest BCUT2D eigenvalue weighted by atomic mass is 9.90. The molecule has 5 heteroatoms. The number of hydrogen-bond acceptors (Lipinski definition) is 3. The lowest BCUT2D eigenvalue weighted by Gasteiger charge is -2.39. The molecule has 0 radical (unpaired) electrons. The van der Waals surface area contributed by atoms with Gasteiger partial charge in [0.2, 0.25) is 0 Å². The minimum absolute atomic E-state index is 0. The van der Waals surface area contributed by atoms with Crippen LogP contribution < -0.4 is 5.73 Å². The Labute approximate surface area is 119 Å². The van der Waals surface area contributed by atoms with E-state index in [9.17, 15) is 4.79 Å². The summed E-state index contributed by atoms with van der Waals surface area (Å²) in [5.74, 6) is 0.669. The number of nitrogens with two attached hydrogens (primary N) is 1. The zero-order valence-electron chi connectivity index (χ0n) is 10.9. The molecule has 1 amide bonds. The fraction of sp³-hybridized carbons (Fsp3) is 0.615. The van der Waals surface area contributed by atoms with Crippen LogP contribution in [0.5, 0.6) is 0 Å². The van der Waals surface area contributed by atoms with E-state index in [1.165, 1.54) is 6.42 Å². The Morgan fingerprint density at radius 1 is 1.56 bits per heavy atom. The van der Waals surface area contributed by atoms with Gasteiger partial charge in [-0.2, -0.15) is 11.3 Å².